The van der Waals surface area contributed by atoms with Crippen LogP contribution in [0.1, 0.15) is 1.43 Å². The number of nitrogens with two attached hydrogens (primary N) is 2. The summed E-state index contributed by atoms with van der Waals surface area (Å²) in [5, 5.41) is 8.13. The maximum absolute atomic E-state index is 5.75. The molecule has 0 heterocycles. The first kappa shape index (κ1) is 13.3. The normalized spacial score (nSPS) is 10.1. The number of azo groups is 1. The summed E-state index contributed by atoms with van der Waals surface area (Å²) in [5.74, 6) is 0. The zero-order chi connectivity index (χ0) is 11.4. The fraction of sp³-hybridized carbons (Fsp3) is 0. The SMILES string of the molecule is Nc1ccc(N=Nc2ccccc2)c(N)c1.[H-].[Li+]. The molecule has 2 aromatic rings. The van der Waals surface area contributed by atoms with E-state index >= 15 is 0 Å². The van der Waals surface area contributed by atoms with Gasteiger partial charge in [-0.25, -0.2) is 0 Å². The Morgan fingerprint density at radius 1 is 0.882 bits per heavy atom. The van der Waals surface area contributed by atoms with E-state index < -0.39 is 0 Å². The third-order valence-electron chi connectivity index (χ3n) is 2.08. The number of nitrogens with zero attached hydrogens (tertiary/aromatic N) is 2. The van der Waals surface area contributed by atoms with Gasteiger partial charge in [-0.1, -0.05) is 18.2 Å². The van der Waals surface area contributed by atoms with E-state index in [1.165, 1.54) is 0 Å². The van der Waals surface area contributed by atoms with Crippen LogP contribution >= 0.6 is 0 Å². The minimum absolute atomic E-state index is 0. The third-order valence-corrected chi connectivity index (χ3v) is 2.08. The molecule has 0 unspecified atom stereocenters. The van der Waals surface area contributed by atoms with Crippen molar-refractivity contribution in [3.8, 4) is 0 Å². The van der Waals surface area contributed by atoms with Gasteiger partial charge in [0.2, 0.25) is 0 Å². The molecule has 0 aliphatic heterocycles. The van der Waals surface area contributed by atoms with Crippen LogP contribution < -0.4 is 30.3 Å². The van der Waals surface area contributed by atoms with Gasteiger partial charge in [-0.3, -0.25) is 0 Å². The molecule has 17 heavy (non-hydrogen) atoms. The summed E-state index contributed by atoms with van der Waals surface area (Å²) in [6.07, 6.45) is 0. The summed E-state index contributed by atoms with van der Waals surface area (Å²) in [7, 11) is 0. The summed E-state index contributed by atoms with van der Waals surface area (Å²) < 4.78 is 0. The fourth-order valence-corrected chi connectivity index (χ4v) is 1.27. The van der Waals surface area contributed by atoms with Gasteiger partial charge in [0, 0.05) is 5.69 Å². The molecule has 0 fully saturated rings. The van der Waals surface area contributed by atoms with Crippen molar-refractivity contribution in [2.45, 2.75) is 0 Å². The number of anilines is 2. The number of hydrogen-bond donors (Lipinski definition) is 2. The van der Waals surface area contributed by atoms with Crippen LogP contribution in [0.2, 0.25) is 0 Å². The van der Waals surface area contributed by atoms with Crippen molar-refractivity contribution in [1.82, 2.24) is 0 Å². The average Bonchev–Trinajstić information content (AvgIpc) is 2.29. The molecular weight excluding hydrogens is 207 g/mol. The second-order valence-electron chi connectivity index (χ2n) is 3.35. The maximum atomic E-state index is 5.75. The van der Waals surface area contributed by atoms with Crippen molar-refractivity contribution < 1.29 is 20.3 Å². The van der Waals surface area contributed by atoms with E-state index in [0.717, 1.165) is 5.69 Å². The van der Waals surface area contributed by atoms with E-state index in [2.05, 4.69) is 10.2 Å². The Bertz CT molecular complexity index is 517. The molecule has 4 nitrogen and oxygen atoms in total. The van der Waals surface area contributed by atoms with Gasteiger partial charge in [-0.2, -0.15) is 5.11 Å². The molecule has 0 aliphatic rings. The molecule has 0 atom stereocenters. The van der Waals surface area contributed by atoms with E-state index in [-0.39, 0.29) is 20.3 Å². The molecule has 82 valence electrons. The maximum Gasteiger partial charge on any atom is 1.00 e. The third kappa shape index (κ3) is 3.63. The molecule has 2 aromatic carbocycles. The molecule has 5 heteroatoms. The smallest absolute Gasteiger partial charge is 1.00 e. The number of benzene rings is 2. The number of hydrogen-bond acceptors (Lipinski definition) is 4. The average molecular weight is 220 g/mol. The zero-order valence-corrected chi connectivity index (χ0v) is 9.67. The van der Waals surface area contributed by atoms with Crippen LogP contribution in [0.15, 0.2) is 58.8 Å². The van der Waals surface area contributed by atoms with E-state index in [0.29, 0.717) is 17.1 Å². The Hall–Kier alpha value is -1.76. The number of nitrogen functional groups attached to an aromatic ring is 2. The Labute approximate surface area is 113 Å². The molecule has 0 saturated carbocycles. The topological polar surface area (TPSA) is 76.8 Å². The molecule has 0 aromatic heterocycles. The van der Waals surface area contributed by atoms with E-state index in [1.54, 1.807) is 18.2 Å². The van der Waals surface area contributed by atoms with Crippen molar-refractivity contribution >= 4 is 22.7 Å². The molecular formula is C12H13LiN4. The van der Waals surface area contributed by atoms with Crippen molar-refractivity contribution in [3.63, 3.8) is 0 Å². The van der Waals surface area contributed by atoms with E-state index in [1.807, 2.05) is 30.3 Å². The first-order valence-electron chi connectivity index (χ1n) is 4.87. The summed E-state index contributed by atoms with van der Waals surface area (Å²) in [6.45, 7) is 0. The van der Waals surface area contributed by atoms with Gasteiger partial charge < -0.3 is 12.9 Å². The van der Waals surface area contributed by atoms with E-state index in [9.17, 15) is 0 Å². The molecule has 4 N–H and O–H groups in total. The van der Waals surface area contributed by atoms with Gasteiger partial charge in [0.1, 0.15) is 5.69 Å². The second-order valence-corrected chi connectivity index (χ2v) is 3.35. The van der Waals surface area contributed by atoms with Gasteiger partial charge in [0.15, 0.2) is 0 Å². The van der Waals surface area contributed by atoms with Gasteiger partial charge in [-0.15, -0.1) is 5.11 Å². The van der Waals surface area contributed by atoms with Crippen LogP contribution in [0.4, 0.5) is 22.7 Å². The predicted octanol–water partition coefficient (Wildman–Crippen LogP) is 0.383. The first-order chi connectivity index (χ1) is 7.75. The van der Waals surface area contributed by atoms with Crippen molar-refractivity contribution in [2.24, 2.45) is 10.2 Å². The summed E-state index contributed by atoms with van der Waals surface area (Å²) in [6, 6.07) is 14.6. The van der Waals surface area contributed by atoms with Crippen LogP contribution in [0, 0.1) is 0 Å². The first-order valence-corrected chi connectivity index (χ1v) is 4.87. The summed E-state index contributed by atoms with van der Waals surface area (Å²) in [4.78, 5) is 0. The van der Waals surface area contributed by atoms with Gasteiger partial charge in [0.25, 0.3) is 0 Å². The molecule has 2 rings (SSSR count). The molecule has 0 radical (unpaired) electrons. The van der Waals surface area contributed by atoms with Crippen LogP contribution in [0.5, 0.6) is 0 Å². The Balaban J connectivity index is 0.00000144. The minimum Gasteiger partial charge on any atom is -1.00 e. The van der Waals surface area contributed by atoms with Crippen molar-refractivity contribution in [2.75, 3.05) is 11.5 Å². The number of rotatable bonds is 2. The Morgan fingerprint density at radius 3 is 2.24 bits per heavy atom. The standard InChI is InChI=1S/C12H12N4.Li.H/c13-9-6-7-12(11(14)8-9)16-15-10-4-2-1-3-5-10;;/h1-8H,13-14H2;;/q;+1;-1. The molecule has 0 aliphatic carbocycles. The second kappa shape index (κ2) is 6.09. The van der Waals surface area contributed by atoms with Crippen LogP contribution in [0.3, 0.4) is 0 Å². The summed E-state index contributed by atoms with van der Waals surface area (Å²) >= 11 is 0. The summed E-state index contributed by atoms with van der Waals surface area (Å²) in [5.41, 5.74) is 13.9. The predicted molar refractivity (Wildman–Crippen MR) is 67.0 cm³/mol. The fourth-order valence-electron chi connectivity index (χ4n) is 1.27. The minimum atomic E-state index is 0. The largest absolute Gasteiger partial charge is 1.00 e. The Morgan fingerprint density at radius 2 is 1.59 bits per heavy atom. The molecule has 0 saturated heterocycles. The van der Waals surface area contributed by atoms with Gasteiger partial charge in [-0.05, 0) is 30.3 Å². The van der Waals surface area contributed by atoms with Crippen LogP contribution in [0.25, 0.3) is 0 Å². The molecule has 0 amide bonds. The quantitative estimate of drug-likeness (QED) is 0.436. The van der Waals surface area contributed by atoms with E-state index in [4.69, 9.17) is 11.5 Å². The van der Waals surface area contributed by atoms with Crippen LogP contribution in [-0.4, -0.2) is 0 Å². The molecule has 0 bridgehead atoms. The van der Waals surface area contributed by atoms with Crippen LogP contribution in [-0.2, 0) is 0 Å². The Kier molecular flexibility index (Phi) is 4.77. The van der Waals surface area contributed by atoms with Crippen molar-refractivity contribution in [1.29, 1.82) is 0 Å². The van der Waals surface area contributed by atoms with Crippen molar-refractivity contribution in [3.05, 3.63) is 48.5 Å². The van der Waals surface area contributed by atoms with Gasteiger partial charge >= 0.3 is 18.9 Å². The monoisotopic (exact) mass is 220 g/mol. The van der Waals surface area contributed by atoms with Gasteiger partial charge in [0.05, 0.1) is 11.4 Å². The molecule has 0 spiro atoms. The zero-order valence-electron chi connectivity index (χ0n) is 10.7.